The highest BCUT2D eigenvalue weighted by atomic mass is 79.9. The standard InChI is InChI=1S/C12H10BrNO3/c1-16-12(15)11-10(17-7-14-11)6-8-3-2-4-9(13)5-8/h2-5,7H,6H2,1H3. The number of oxazole rings is 1. The van der Waals surface area contributed by atoms with Gasteiger partial charge < -0.3 is 9.15 Å². The summed E-state index contributed by atoms with van der Waals surface area (Å²) in [5.41, 5.74) is 1.26. The Morgan fingerprint density at radius 3 is 3.06 bits per heavy atom. The molecule has 5 heteroatoms. The molecule has 1 aromatic heterocycles. The van der Waals surface area contributed by atoms with Crippen molar-refractivity contribution in [2.45, 2.75) is 6.42 Å². The average molecular weight is 296 g/mol. The van der Waals surface area contributed by atoms with E-state index in [1.165, 1.54) is 13.5 Å². The highest BCUT2D eigenvalue weighted by Gasteiger charge is 2.17. The number of carbonyl (C=O) groups excluding carboxylic acids is 1. The average Bonchev–Trinajstić information content (AvgIpc) is 2.76. The maximum Gasteiger partial charge on any atom is 0.360 e. The Morgan fingerprint density at radius 1 is 1.53 bits per heavy atom. The lowest BCUT2D eigenvalue weighted by Crippen LogP contribution is -2.05. The molecule has 17 heavy (non-hydrogen) atoms. The Bertz CT molecular complexity index is 536. The number of carbonyl (C=O) groups is 1. The van der Waals surface area contributed by atoms with Crippen LogP contribution in [0.3, 0.4) is 0 Å². The number of hydrogen-bond acceptors (Lipinski definition) is 4. The van der Waals surface area contributed by atoms with Crippen LogP contribution in [0.15, 0.2) is 39.5 Å². The van der Waals surface area contributed by atoms with Crippen LogP contribution in [-0.2, 0) is 11.2 Å². The van der Waals surface area contributed by atoms with Crippen LogP contribution in [-0.4, -0.2) is 18.1 Å². The Kier molecular flexibility index (Phi) is 3.58. The largest absolute Gasteiger partial charge is 0.464 e. The van der Waals surface area contributed by atoms with Crippen molar-refractivity contribution in [3.05, 3.63) is 52.1 Å². The van der Waals surface area contributed by atoms with Crippen LogP contribution in [0.5, 0.6) is 0 Å². The molecule has 1 heterocycles. The smallest absolute Gasteiger partial charge is 0.360 e. The molecule has 0 aliphatic heterocycles. The lowest BCUT2D eigenvalue weighted by atomic mass is 10.1. The molecule has 0 aliphatic carbocycles. The van der Waals surface area contributed by atoms with E-state index < -0.39 is 5.97 Å². The normalized spacial score (nSPS) is 10.2. The molecule has 2 aromatic rings. The predicted octanol–water partition coefficient (Wildman–Crippen LogP) is 2.81. The number of benzene rings is 1. The fourth-order valence-corrected chi connectivity index (χ4v) is 1.94. The van der Waals surface area contributed by atoms with Gasteiger partial charge in [0.15, 0.2) is 12.1 Å². The first-order valence-corrected chi connectivity index (χ1v) is 5.75. The van der Waals surface area contributed by atoms with E-state index in [4.69, 9.17) is 4.42 Å². The molecule has 0 aliphatic rings. The Morgan fingerprint density at radius 2 is 2.35 bits per heavy atom. The van der Waals surface area contributed by atoms with Gasteiger partial charge in [-0.2, -0.15) is 0 Å². The second kappa shape index (κ2) is 5.14. The third-order valence-corrected chi connectivity index (χ3v) is 2.77. The summed E-state index contributed by atoms with van der Waals surface area (Å²) in [5, 5.41) is 0. The first-order chi connectivity index (χ1) is 8.20. The quantitative estimate of drug-likeness (QED) is 0.817. The molecule has 0 fully saturated rings. The van der Waals surface area contributed by atoms with Gasteiger partial charge in [0.05, 0.1) is 7.11 Å². The fourth-order valence-electron chi connectivity index (χ4n) is 1.49. The number of ether oxygens (including phenoxy) is 1. The summed E-state index contributed by atoms with van der Waals surface area (Å²) in [6.45, 7) is 0. The third-order valence-electron chi connectivity index (χ3n) is 2.27. The minimum absolute atomic E-state index is 0.229. The zero-order chi connectivity index (χ0) is 12.3. The van der Waals surface area contributed by atoms with Crippen LogP contribution in [0.4, 0.5) is 0 Å². The van der Waals surface area contributed by atoms with Crippen LogP contribution in [0.2, 0.25) is 0 Å². The first kappa shape index (κ1) is 11.9. The molecule has 4 nitrogen and oxygen atoms in total. The van der Waals surface area contributed by atoms with Crippen molar-refractivity contribution in [3.8, 4) is 0 Å². The third kappa shape index (κ3) is 2.74. The van der Waals surface area contributed by atoms with Crippen molar-refractivity contribution in [2.24, 2.45) is 0 Å². The van der Waals surface area contributed by atoms with Gasteiger partial charge in [-0.15, -0.1) is 0 Å². The number of hydrogen-bond donors (Lipinski definition) is 0. The van der Waals surface area contributed by atoms with Crippen LogP contribution < -0.4 is 0 Å². The Hall–Kier alpha value is -1.62. The Labute approximate surface area is 107 Å². The molecule has 0 spiro atoms. The summed E-state index contributed by atoms with van der Waals surface area (Å²) in [7, 11) is 1.32. The zero-order valence-corrected chi connectivity index (χ0v) is 10.7. The second-order valence-corrected chi connectivity index (χ2v) is 4.34. The summed E-state index contributed by atoms with van der Waals surface area (Å²) < 4.78 is 10.8. The number of aromatic nitrogens is 1. The van der Waals surface area contributed by atoms with Crippen molar-refractivity contribution in [2.75, 3.05) is 7.11 Å². The van der Waals surface area contributed by atoms with E-state index in [0.717, 1.165) is 10.0 Å². The monoisotopic (exact) mass is 295 g/mol. The van der Waals surface area contributed by atoms with Gasteiger partial charge in [0.1, 0.15) is 5.76 Å². The molecular weight excluding hydrogens is 286 g/mol. The van der Waals surface area contributed by atoms with Gasteiger partial charge in [-0.05, 0) is 17.7 Å². The van der Waals surface area contributed by atoms with Crippen LogP contribution >= 0.6 is 15.9 Å². The van der Waals surface area contributed by atoms with Crippen molar-refractivity contribution in [3.63, 3.8) is 0 Å². The van der Waals surface area contributed by atoms with E-state index in [1.807, 2.05) is 24.3 Å². The summed E-state index contributed by atoms with van der Waals surface area (Å²) >= 11 is 3.39. The van der Waals surface area contributed by atoms with Gasteiger partial charge in [0.2, 0.25) is 0 Å². The second-order valence-electron chi connectivity index (χ2n) is 3.42. The van der Waals surface area contributed by atoms with Crippen molar-refractivity contribution >= 4 is 21.9 Å². The fraction of sp³-hybridized carbons (Fsp3) is 0.167. The van der Waals surface area contributed by atoms with Crippen molar-refractivity contribution in [1.29, 1.82) is 0 Å². The first-order valence-electron chi connectivity index (χ1n) is 4.96. The number of esters is 1. The summed E-state index contributed by atoms with van der Waals surface area (Å²) in [6, 6.07) is 7.77. The number of nitrogens with zero attached hydrogens (tertiary/aromatic N) is 1. The molecule has 1 aromatic carbocycles. The molecule has 0 amide bonds. The molecule has 0 saturated heterocycles. The minimum Gasteiger partial charge on any atom is -0.464 e. The lowest BCUT2D eigenvalue weighted by molar-refractivity contribution is 0.0592. The summed E-state index contributed by atoms with van der Waals surface area (Å²) in [6.07, 6.45) is 1.75. The molecule has 0 bridgehead atoms. The van der Waals surface area contributed by atoms with E-state index in [9.17, 15) is 4.79 Å². The SMILES string of the molecule is COC(=O)c1ncoc1Cc1cccc(Br)c1. The number of rotatable bonds is 3. The Balaban J connectivity index is 2.25. The van der Waals surface area contributed by atoms with Crippen LogP contribution in [0, 0.1) is 0 Å². The van der Waals surface area contributed by atoms with E-state index in [2.05, 4.69) is 25.7 Å². The van der Waals surface area contributed by atoms with Crippen LogP contribution in [0.25, 0.3) is 0 Å². The van der Waals surface area contributed by atoms with Gasteiger partial charge in [-0.25, -0.2) is 9.78 Å². The summed E-state index contributed by atoms with van der Waals surface area (Å²) in [5.74, 6) is 0.0266. The van der Waals surface area contributed by atoms with Gasteiger partial charge in [0.25, 0.3) is 0 Å². The summed E-state index contributed by atoms with van der Waals surface area (Å²) in [4.78, 5) is 15.3. The maximum atomic E-state index is 11.4. The molecule has 0 saturated carbocycles. The molecule has 0 N–H and O–H groups in total. The minimum atomic E-state index is -0.483. The highest BCUT2D eigenvalue weighted by Crippen LogP contribution is 2.17. The number of halogens is 1. The van der Waals surface area contributed by atoms with E-state index >= 15 is 0 Å². The number of methoxy groups -OCH3 is 1. The molecule has 0 atom stereocenters. The molecule has 0 unspecified atom stereocenters. The molecular formula is C12H10BrNO3. The maximum absolute atomic E-state index is 11.4. The van der Waals surface area contributed by atoms with E-state index in [1.54, 1.807) is 0 Å². The van der Waals surface area contributed by atoms with Crippen molar-refractivity contribution < 1.29 is 13.9 Å². The van der Waals surface area contributed by atoms with Gasteiger partial charge in [-0.1, -0.05) is 28.1 Å². The predicted molar refractivity (Wildman–Crippen MR) is 64.8 cm³/mol. The molecule has 2 rings (SSSR count). The topological polar surface area (TPSA) is 52.3 Å². The lowest BCUT2D eigenvalue weighted by Gasteiger charge is -2.01. The molecule has 0 radical (unpaired) electrons. The van der Waals surface area contributed by atoms with Gasteiger partial charge in [0, 0.05) is 10.9 Å². The zero-order valence-electron chi connectivity index (χ0n) is 9.14. The van der Waals surface area contributed by atoms with E-state index in [0.29, 0.717) is 12.2 Å². The van der Waals surface area contributed by atoms with Crippen LogP contribution in [0.1, 0.15) is 21.8 Å². The molecule has 88 valence electrons. The van der Waals surface area contributed by atoms with Gasteiger partial charge >= 0.3 is 5.97 Å². The van der Waals surface area contributed by atoms with Crippen molar-refractivity contribution in [1.82, 2.24) is 4.98 Å². The van der Waals surface area contributed by atoms with E-state index in [-0.39, 0.29) is 5.69 Å². The van der Waals surface area contributed by atoms with Gasteiger partial charge in [-0.3, -0.25) is 0 Å². The highest BCUT2D eigenvalue weighted by molar-refractivity contribution is 9.10.